The molecule has 0 spiro atoms. The molecule has 1 rings (SSSR count). The lowest BCUT2D eigenvalue weighted by Crippen LogP contribution is -2.23. The molecule has 1 aliphatic carbocycles. The maximum Gasteiger partial charge on any atom is 0.138 e. The number of carbonyl (C=O) groups excluding carboxylic acids is 1. The van der Waals surface area contributed by atoms with Gasteiger partial charge in [-0.1, -0.05) is 58.3 Å². The molecule has 1 saturated carbocycles. The number of aliphatic hydroxyl groups is 1. The highest BCUT2D eigenvalue weighted by atomic mass is 16.3. The van der Waals surface area contributed by atoms with Gasteiger partial charge in [0.15, 0.2) is 0 Å². The summed E-state index contributed by atoms with van der Waals surface area (Å²) in [7, 11) is 0. The van der Waals surface area contributed by atoms with E-state index in [1.54, 1.807) is 0 Å². The third-order valence-corrected chi connectivity index (χ3v) is 4.17. The molecule has 0 saturated heterocycles. The van der Waals surface area contributed by atoms with Crippen LogP contribution in [0.4, 0.5) is 0 Å². The van der Waals surface area contributed by atoms with E-state index < -0.39 is 0 Å². The molecule has 1 N–H and O–H groups in total. The molecule has 1 aliphatic rings. The Bertz CT molecular complexity index is 225. The molecule has 2 nitrogen and oxygen atoms in total. The van der Waals surface area contributed by atoms with Gasteiger partial charge < -0.3 is 5.11 Å². The highest BCUT2D eigenvalue weighted by Gasteiger charge is 2.30. The lowest BCUT2D eigenvalue weighted by molar-refractivity contribution is -0.123. The molecular formula is C16H30O2. The molecule has 0 aromatic heterocycles. The highest BCUT2D eigenvalue weighted by Crippen LogP contribution is 2.27. The Morgan fingerprint density at radius 2 is 1.72 bits per heavy atom. The second-order valence-electron chi connectivity index (χ2n) is 5.80. The van der Waals surface area contributed by atoms with E-state index in [9.17, 15) is 9.90 Å². The van der Waals surface area contributed by atoms with Crippen molar-refractivity contribution in [3.8, 4) is 0 Å². The van der Waals surface area contributed by atoms with Crippen molar-refractivity contribution >= 4 is 5.78 Å². The van der Waals surface area contributed by atoms with E-state index in [-0.39, 0.29) is 12.0 Å². The summed E-state index contributed by atoms with van der Waals surface area (Å²) in [5, 5.41) is 9.97. The maximum absolute atomic E-state index is 11.5. The maximum atomic E-state index is 11.5. The fourth-order valence-corrected chi connectivity index (χ4v) is 2.94. The smallest absolute Gasteiger partial charge is 0.138 e. The van der Waals surface area contributed by atoms with Crippen molar-refractivity contribution in [3.05, 3.63) is 0 Å². The van der Waals surface area contributed by atoms with Gasteiger partial charge in [0.25, 0.3) is 0 Å². The van der Waals surface area contributed by atoms with Gasteiger partial charge in [0, 0.05) is 12.3 Å². The molecule has 0 aliphatic heterocycles. The first-order chi connectivity index (χ1) is 8.75. The largest absolute Gasteiger partial charge is 0.392 e. The third-order valence-electron chi connectivity index (χ3n) is 4.17. The summed E-state index contributed by atoms with van der Waals surface area (Å²) >= 11 is 0. The first-order valence-corrected chi connectivity index (χ1v) is 7.96. The molecule has 0 heterocycles. The lowest BCUT2D eigenvalue weighted by atomic mass is 9.95. The summed E-state index contributed by atoms with van der Waals surface area (Å²) in [5.41, 5.74) is 0. The fourth-order valence-electron chi connectivity index (χ4n) is 2.94. The van der Waals surface area contributed by atoms with E-state index >= 15 is 0 Å². The number of Topliss-reactive ketones (excluding diaryl/α,β-unsaturated/α-hetero) is 1. The molecule has 2 heteroatoms. The average molecular weight is 254 g/mol. The molecule has 0 radical (unpaired) electrons. The summed E-state index contributed by atoms with van der Waals surface area (Å²) in [4.78, 5) is 11.5. The molecule has 0 aromatic carbocycles. The van der Waals surface area contributed by atoms with Crippen LogP contribution in [0.2, 0.25) is 0 Å². The summed E-state index contributed by atoms with van der Waals surface area (Å²) < 4.78 is 0. The van der Waals surface area contributed by atoms with Crippen LogP contribution in [-0.2, 0) is 4.79 Å². The van der Waals surface area contributed by atoms with Gasteiger partial charge in [0.1, 0.15) is 5.78 Å². The van der Waals surface area contributed by atoms with Crippen LogP contribution in [0.15, 0.2) is 0 Å². The summed E-state index contributed by atoms with van der Waals surface area (Å²) in [6, 6.07) is 0. The Morgan fingerprint density at radius 3 is 2.28 bits per heavy atom. The van der Waals surface area contributed by atoms with Gasteiger partial charge in [0.2, 0.25) is 0 Å². The average Bonchev–Trinajstić information content (AvgIpc) is 2.79. The fraction of sp³-hybridized carbons (Fsp3) is 0.938. The highest BCUT2D eigenvalue weighted by molar-refractivity contribution is 5.83. The number of carbonyl (C=O) groups is 1. The minimum Gasteiger partial charge on any atom is -0.392 e. The number of hydrogen-bond donors (Lipinski definition) is 1. The van der Waals surface area contributed by atoms with Gasteiger partial charge in [-0.15, -0.1) is 0 Å². The first kappa shape index (κ1) is 15.7. The summed E-state index contributed by atoms with van der Waals surface area (Å²) in [6.07, 6.45) is 13.4. The second kappa shape index (κ2) is 9.55. The molecular weight excluding hydrogens is 224 g/mol. The molecule has 1 fully saturated rings. The van der Waals surface area contributed by atoms with Crippen molar-refractivity contribution in [2.75, 3.05) is 0 Å². The standard InChI is InChI=1S/C16H30O2/c1-2-3-4-5-6-7-8-9-12-15(17)14-11-10-13-16(14)18/h14-15,17H,2-13H2,1H3/t14-,15-/m1/s1. The van der Waals surface area contributed by atoms with Crippen LogP contribution in [0.3, 0.4) is 0 Å². The van der Waals surface area contributed by atoms with Crippen LogP contribution in [0.5, 0.6) is 0 Å². The van der Waals surface area contributed by atoms with Crippen molar-refractivity contribution in [3.63, 3.8) is 0 Å². The SMILES string of the molecule is CCCCCCCCCC[C@@H](O)[C@H]1CCCC1=O. The van der Waals surface area contributed by atoms with Crippen LogP contribution in [0.1, 0.15) is 84.0 Å². The van der Waals surface area contributed by atoms with Gasteiger partial charge in [-0.05, 0) is 19.3 Å². The molecule has 0 aromatic rings. The van der Waals surface area contributed by atoms with Gasteiger partial charge >= 0.3 is 0 Å². The normalized spacial score (nSPS) is 21.4. The molecule has 0 amide bonds. The van der Waals surface area contributed by atoms with Crippen molar-refractivity contribution < 1.29 is 9.90 Å². The Balaban J connectivity index is 1.92. The molecule has 2 atom stereocenters. The van der Waals surface area contributed by atoms with Gasteiger partial charge in [0.05, 0.1) is 6.10 Å². The lowest BCUT2D eigenvalue weighted by Gasteiger charge is -2.16. The quantitative estimate of drug-likeness (QED) is 0.592. The predicted octanol–water partition coefficient (Wildman–Crippen LogP) is 4.25. The Hall–Kier alpha value is -0.370. The minimum atomic E-state index is -0.361. The molecule has 106 valence electrons. The number of unbranched alkanes of at least 4 members (excludes halogenated alkanes) is 7. The van der Waals surface area contributed by atoms with Crippen LogP contribution >= 0.6 is 0 Å². The number of rotatable bonds is 10. The van der Waals surface area contributed by atoms with Crippen LogP contribution in [-0.4, -0.2) is 17.0 Å². The van der Waals surface area contributed by atoms with Gasteiger partial charge in [-0.3, -0.25) is 4.79 Å². The number of hydrogen-bond acceptors (Lipinski definition) is 2. The zero-order valence-electron chi connectivity index (χ0n) is 12.0. The third kappa shape index (κ3) is 5.99. The summed E-state index contributed by atoms with van der Waals surface area (Å²) in [6.45, 7) is 2.24. The minimum absolute atomic E-state index is 0.0328. The van der Waals surface area contributed by atoms with Crippen molar-refractivity contribution in [1.29, 1.82) is 0 Å². The first-order valence-electron chi connectivity index (χ1n) is 7.96. The monoisotopic (exact) mass is 254 g/mol. The van der Waals surface area contributed by atoms with E-state index in [4.69, 9.17) is 0 Å². The van der Waals surface area contributed by atoms with E-state index in [1.165, 1.54) is 44.9 Å². The van der Waals surface area contributed by atoms with Crippen molar-refractivity contribution in [2.45, 2.75) is 90.1 Å². The molecule has 18 heavy (non-hydrogen) atoms. The van der Waals surface area contributed by atoms with Crippen LogP contribution < -0.4 is 0 Å². The zero-order valence-corrected chi connectivity index (χ0v) is 12.0. The van der Waals surface area contributed by atoms with E-state index in [1.807, 2.05) is 0 Å². The van der Waals surface area contributed by atoms with Gasteiger partial charge in [-0.25, -0.2) is 0 Å². The topological polar surface area (TPSA) is 37.3 Å². The predicted molar refractivity (Wildman–Crippen MR) is 75.6 cm³/mol. The zero-order chi connectivity index (χ0) is 13.2. The van der Waals surface area contributed by atoms with E-state index in [0.29, 0.717) is 12.2 Å². The van der Waals surface area contributed by atoms with Crippen molar-refractivity contribution in [1.82, 2.24) is 0 Å². The van der Waals surface area contributed by atoms with Crippen molar-refractivity contribution in [2.24, 2.45) is 5.92 Å². The molecule has 0 unspecified atom stereocenters. The number of ketones is 1. The Morgan fingerprint density at radius 1 is 1.11 bits per heavy atom. The second-order valence-corrected chi connectivity index (χ2v) is 5.80. The number of aliphatic hydroxyl groups excluding tert-OH is 1. The van der Waals surface area contributed by atoms with E-state index in [2.05, 4.69) is 6.92 Å². The van der Waals surface area contributed by atoms with Crippen LogP contribution in [0.25, 0.3) is 0 Å². The summed E-state index contributed by atoms with van der Waals surface area (Å²) in [5.74, 6) is 0.261. The van der Waals surface area contributed by atoms with Gasteiger partial charge in [-0.2, -0.15) is 0 Å². The molecule has 0 bridgehead atoms. The Kier molecular flexibility index (Phi) is 8.32. The van der Waals surface area contributed by atoms with Crippen LogP contribution in [0, 0.1) is 5.92 Å². The van der Waals surface area contributed by atoms with E-state index in [0.717, 1.165) is 25.7 Å². The Labute approximate surface area is 112 Å².